The molecule has 0 N–H and O–H groups in total. The molecule has 0 spiro atoms. The maximum atomic E-state index is 16.5. The lowest BCUT2D eigenvalue weighted by atomic mass is 9.97. The van der Waals surface area contributed by atoms with Gasteiger partial charge in [0.1, 0.15) is 23.6 Å². The fourth-order valence-electron chi connectivity index (χ4n) is 6.71. The molecular formula is C32H35F2N7O2. The standard InChI is InChI=1S/C32H35F2N7O2/c1-19-9-10-24-23(19)7-4-8-25(24)28-27(34)29-26(16-36-28)30(38-32(37-29)43-18-22-6-5-13-39(22)3)40-14-15-41(31(42)20(2)33)21(17-40)11-12-35/h4,7-8,16,19,21-22H,2,5-6,9-11,13-15,17-18H2,1,3H3/t19?,21-,22-/m0/s1. The monoisotopic (exact) mass is 587 g/mol. The number of likely N-dealkylation sites (N-methyl/N-ethyl adjacent to an activating group) is 1. The van der Waals surface area contributed by atoms with Gasteiger partial charge in [-0.1, -0.05) is 31.7 Å². The number of hydrogen-bond donors (Lipinski definition) is 0. The number of piperazine rings is 1. The number of nitrogens with zero attached hydrogens (tertiary/aromatic N) is 7. The highest BCUT2D eigenvalue weighted by Gasteiger charge is 2.34. The molecule has 1 aliphatic carbocycles. The van der Waals surface area contributed by atoms with Crippen LogP contribution in [0.5, 0.6) is 6.01 Å². The summed E-state index contributed by atoms with van der Waals surface area (Å²) in [5.74, 6) is -1.65. The number of halogens is 2. The average Bonchev–Trinajstić information content (AvgIpc) is 3.60. The molecule has 2 saturated heterocycles. The summed E-state index contributed by atoms with van der Waals surface area (Å²) >= 11 is 0. The van der Waals surface area contributed by atoms with Crippen molar-refractivity contribution >= 4 is 22.6 Å². The molecule has 1 aromatic carbocycles. The molecule has 6 rings (SSSR count). The van der Waals surface area contributed by atoms with E-state index in [2.05, 4.69) is 40.5 Å². The van der Waals surface area contributed by atoms with Crippen LogP contribution in [0.15, 0.2) is 36.8 Å². The summed E-state index contributed by atoms with van der Waals surface area (Å²) in [5.41, 5.74) is 3.44. The van der Waals surface area contributed by atoms with Gasteiger partial charge in [0.2, 0.25) is 0 Å². The fourth-order valence-corrected chi connectivity index (χ4v) is 6.71. The normalized spacial score (nSPS) is 22.1. The SMILES string of the molecule is C=C(F)C(=O)N1CCN(c2nc(OC[C@@H]3CCCN3C)nc3c(F)c(-c4cccc5c4CCC5C)ncc23)C[C@@H]1CC#N. The van der Waals surface area contributed by atoms with E-state index in [-0.39, 0.29) is 49.3 Å². The van der Waals surface area contributed by atoms with Crippen LogP contribution in [0.1, 0.15) is 49.7 Å². The van der Waals surface area contributed by atoms with Crippen LogP contribution in [0, 0.1) is 17.1 Å². The molecule has 3 aliphatic rings. The van der Waals surface area contributed by atoms with Crippen LogP contribution in [-0.4, -0.2) is 82.6 Å². The first-order valence-electron chi connectivity index (χ1n) is 14.9. The molecule has 2 aromatic heterocycles. The molecule has 4 heterocycles. The largest absolute Gasteiger partial charge is 0.462 e. The van der Waals surface area contributed by atoms with Gasteiger partial charge in [0.05, 0.1) is 23.9 Å². The maximum absolute atomic E-state index is 16.5. The van der Waals surface area contributed by atoms with Gasteiger partial charge in [-0.2, -0.15) is 15.2 Å². The quantitative estimate of drug-likeness (QED) is 0.365. The van der Waals surface area contributed by atoms with E-state index in [0.717, 1.165) is 43.4 Å². The number of pyridine rings is 1. The fraction of sp³-hybridized carbons (Fsp3) is 0.469. The number of ether oxygens (including phenoxy) is 1. The summed E-state index contributed by atoms with van der Waals surface area (Å²) < 4.78 is 36.4. The number of carbonyl (C=O) groups excluding carboxylic acids is 1. The van der Waals surface area contributed by atoms with Gasteiger partial charge in [0.25, 0.3) is 5.91 Å². The molecule has 0 radical (unpaired) electrons. The lowest BCUT2D eigenvalue weighted by molar-refractivity contribution is -0.131. The Morgan fingerprint density at radius 2 is 2.05 bits per heavy atom. The molecule has 0 bridgehead atoms. The van der Waals surface area contributed by atoms with E-state index in [9.17, 15) is 14.4 Å². The number of likely N-dealkylation sites (tertiary alicyclic amines) is 1. The van der Waals surface area contributed by atoms with Crippen molar-refractivity contribution in [3.8, 4) is 23.3 Å². The van der Waals surface area contributed by atoms with E-state index in [4.69, 9.17) is 9.72 Å². The van der Waals surface area contributed by atoms with Gasteiger partial charge in [-0.05, 0) is 56.3 Å². The first-order chi connectivity index (χ1) is 20.8. The van der Waals surface area contributed by atoms with Gasteiger partial charge in [0, 0.05) is 37.4 Å². The highest BCUT2D eigenvalue weighted by Crippen LogP contribution is 2.40. The predicted molar refractivity (Wildman–Crippen MR) is 159 cm³/mol. The minimum atomic E-state index is -1.07. The Hall–Kier alpha value is -4.17. The second-order valence-corrected chi connectivity index (χ2v) is 11.8. The molecule has 1 unspecified atom stereocenters. The summed E-state index contributed by atoms with van der Waals surface area (Å²) in [6.45, 7) is 7.28. The lowest BCUT2D eigenvalue weighted by Crippen LogP contribution is -2.55. The van der Waals surface area contributed by atoms with Gasteiger partial charge in [-0.25, -0.2) is 8.78 Å². The number of aromatic nitrogens is 3. The molecule has 9 nitrogen and oxygen atoms in total. The second-order valence-electron chi connectivity index (χ2n) is 11.8. The van der Waals surface area contributed by atoms with Gasteiger partial charge in [-0.3, -0.25) is 9.78 Å². The number of amides is 1. The molecule has 224 valence electrons. The number of nitriles is 1. The first kappa shape index (κ1) is 28.9. The highest BCUT2D eigenvalue weighted by atomic mass is 19.1. The zero-order valence-corrected chi connectivity index (χ0v) is 24.5. The highest BCUT2D eigenvalue weighted by molar-refractivity contribution is 5.93. The Bertz CT molecular complexity index is 1620. The molecule has 3 aromatic rings. The van der Waals surface area contributed by atoms with Gasteiger partial charge in [-0.15, -0.1) is 0 Å². The minimum Gasteiger partial charge on any atom is -0.462 e. The van der Waals surface area contributed by atoms with Crippen molar-refractivity contribution < 1.29 is 18.3 Å². The number of rotatable bonds is 7. The van der Waals surface area contributed by atoms with Crippen molar-refractivity contribution in [1.29, 1.82) is 5.26 Å². The maximum Gasteiger partial charge on any atom is 0.319 e. The van der Waals surface area contributed by atoms with Crippen LogP contribution < -0.4 is 9.64 Å². The van der Waals surface area contributed by atoms with Crippen molar-refractivity contribution in [2.75, 3.05) is 44.7 Å². The third-order valence-electron chi connectivity index (χ3n) is 9.15. The zero-order chi connectivity index (χ0) is 30.2. The smallest absolute Gasteiger partial charge is 0.319 e. The molecule has 2 aliphatic heterocycles. The number of anilines is 1. The second kappa shape index (κ2) is 11.8. The molecule has 0 saturated carbocycles. The minimum absolute atomic E-state index is 0.00972. The van der Waals surface area contributed by atoms with Crippen LogP contribution >= 0.6 is 0 Å². The Kier molecular flexibility index (Phi) is 7.97. The Labute approximate surface area is 249 Å². The van der Waals surface area contributed by atoms with E-state index in [0.29, 0.717) is 23.7 Å². The van der Waals surface area contributed by atoms with Crippen molar-refractivity contribution in [2.24, 2.45) is 0 Å². The third kappa shape index (κ3) is 5.40. The van der Waals surface area contributed by atoms with E-state index in [1.165, 1.54) is 10.5 Å². The predicted octanol–water partition coefficient (Wildman–Crippen LogP) is 4.77. The molecule has 3 atom stereocenters. The van der Waals surface area contributed by atoms with Gasteiger partial charge in [0.15, 0.2) is 11.6 Å². The molecule has 43 heavy (non-hydrogen) atoms. The molecular weight excluding hydrogens is 552 g/mol. The number of carbonyl (C=O) groups is 1. The van der Waals surface area contributed by atoms with E-state index >= 15 is 4.39 Å². The summed E-state index contributed by atoms with van der Waals surface area (Å²) in [4.78, 5) is 31.8. The lowest BCUT2D eigenvalue weighted by Gasteiger charge is -2.41. The number of fused-ring (bicyclic) bond motifs is 2. The van der Waals surface area contributed by atoms with E-state index in [1.807, 2.05) is 24.1 Å². The summed E-state index contributed by atoms with van der Waals surface area (Å²) in [5, 5.41) is 9.85. The van der Waals surface area contributed by atoms with Crippen LogP contribution in [0.2, 0.25) is 0 Å². The molecule has 1 amide bonds. The van der Waals surface area contributed by atoms with Crippen molar-refractivity contribution in [2.45, 2.75) is 57.0 Å². The summed E-state index contributed by atoms with van der Waals surface area (Å²) in [6, 6.07) is 7.70. The van der Waals surface area contributed by atoms with Crippen molar-refractivity contribution in [1.82, 2.24) is 24.8 Å². The van der Waals surface area contributed by atoms with Crippen LogP contribution in [0.3, 0.4) is 0 Å². The van der Waals surface area contributed by atoms with Crippen LogP contribution in [0.25, 0.3) is 22.2 Å². The first-order valence-corrected chi connectivity index (χ1v) is 14.9. The molecule has 2 fully saturated rings. The van der Waals surface area contributed by atoms with Crippen LogP contribution in [0.4, 0.5) is 14.6 Å². The van der Waals surface area contributed by atoms with Gasteiger partial charge < -0.3 is 19.4 Å². The van der Waals surface area contributed by atoms with E-state index in [1.54, 1.807) is 6.20 Å². The van der Waals surface area contributed by atoms with Crippen molar-refractivity contribution in [3.63, 3.8) is 0 Å². The Balaban J connectivity index is 1.42. The third-order valence-corrected chi connectivity index (χ3v) is 9.15. The topological polar surface area (TPSA) is 98.5 Å². The van der Waals surface area contributed by atoms with Gasteiger partial charge >= 0.3 is 6.01 Å². The summed E-state index contributed by atoms with van der Waals surface area (Å²) in [6.07, 6.45) is 5.52. The molecule has 11 heteroatoms. The Morgan fingerprint density at radius 1 is 1.21 bits per heavy atom. The number of benzene rings is 1. The number of hydrogen-bond acceptors (Lipinski definition) is 8. The average molecular weight is 588 g/mol. The Morgan fingerprint density at radius 3 is 2.79 bits per heavy atom. The van der Waals surface area contributed by atoms with Crippen LogP contribution in [-0.2, 0) is 11.2 Å². The zero-order valence-electron chi connectivity index (χ0n) is 24.5. The summed E-state index contributed by atoms with van der Waals surface area (Å²) in [7, 11) is 2.05. The van der Waals surface area contributed by atoms with E-state index < -0.39 is 23.6 Å². The van der Waals surface area contributed by atoms with Crippen molar-refractivity contribution in [3.05, 3.63) is 53.7 Å².